The summed E-state index contributed by atoms with van der Waals surface area (Å²) < 4.78 is 4.81. The van der Waals surface area contributed by atoms with Crippen LogP contribution >= 0.6 is 0 Å². The van der Waals surface area contributed by atoms with E-state index in [-0.39, 0.29) is 5.41 Å². The maximum atomic E-state index is 11.3. The standard InChI is InChI=1S/C16H23N3O2/c1-4-21-15(20)19-14-8-6-13(7-9-14)18-12-16(2,3)10-5-11-17/h6-9,18H,4-5,10,12H2,1-3H3,(H,19,20). The van der Waals surface area contributed by atoms with Crippen molar-refractivity contribution >= 4 is 17.5 Å². The summed E-state index contributed by atoms with van der Waals surface area (Å²) in [5.41, 5.74) is 1.74. The third-order valence-corrected chi connectivity index (χ3v) is 3.09. The van der Waals surface area contributed by atoms with Gasteiger partial charge >= 0.3 is 6.09 Å². The van der Waals surface area contributed by atoms with Gasteiger partial charge in [0.2, 0.25) is 0 Å². The summed E-state index contributed by atoms with van der Waals surface area (Å²) in [4.78, 5) is 11.3. The lowest BCUT2D eigenvalue weighted by Crippen LogP contribution is -2.22. The van der Waals surface area contributed by atoms with Crippen molar-refractivity contribution in [2.45, 2.75) is 33.6 Å². The Labute approximate surface area is 126 Å². The Bertz CT molecular complexity index is 489. The van der Waals surface area contributed by atoms with Crippen LogP contribution in [0.15, 0.2) is 24.3 Å². The van der Waals surface area contributed by atoms with E-state index >= 15 is 0 Å². The Morgan fingerprint density at radius 3 is 2.48 bits per heavy atom. The van der Waals surface area contributed by atoms with Crippen LogP contribution in [0.3, 0.4) is 0 Å². The van der Waals surface area contributed by atoms with Crippen molar-refractivity contribution in [2.75, 3.05) is 23.8 Å². The van der Waals surface area contributed by atoms with E-state index in [1.54, 1.807) is 6.92 Å². The summed E-state index contributed by atoms with van der Waals surface area (Å²) in [6.07, 6.45) is 0.978. The van der Waals surface area contributed by atoms with Gasteiger partial charge in [-0.05, 0) is 43.0 Å². The molecule has 0 radical (unpaired) electrons. The predicted molar refractivity (Wildman–Crippen MR) is 84.2 cm³/mol. The molecule has 1 amide bonds. The number of ether oxygens (including phenoxy) is 1. The molecule has 114 valence electrons. The third kappa shape index (κ3) is 6.66. The Kier molecular flexibility index (Phi) is 6.54. The first kappa shape index (κ1) is 16.8. The van der Waals surface area contributed by atoms with Crippen molar-refractivity contribution in [3.63, 3.8) is 0 Å². The van der Waals surface area contributed by atoms with Gasteiger partial charge in [-0.1, -0.05) is 13.8 Å². The molecular formula is C16H23N3O2. The SMILES string of the molecule is CCOC(=O)Nc1ccc(NCC(C)(C)CCC#N)cc1. The molecule has 0 bridgehead atoms. The highest BCUT2D eigenvalue weighted by Gasteiger charge is 2.16. The van der Waals surface area contributed by atoms with Gasteiger partial charge in [0.25, 0.3) is 0 Å². The van der Waals surface area contributed by atoms with Gasteiger partial charge in [-0.25, -0.2) is 4.79 Å². The fourth-order valence-electron chi connectivity index (χ4n) is 1.78. The van der Waals surface area contributed by atoms with E-state index in [9.17, 15) is 4.79 Å². The van der Waals surface area contributed by atoms with Gasteiger partial charge < -0.3 is 10.1 Å². The zero-order chi connectivity index (χ0) is 15.7. The number of carbonyl (C=O) groups excluding carboxylic acids is 1. The Morgan fingerprint density at radius 2 is 1.90 bits per heavy atom. The third-order valence-electron chi connectivity index (χ3n) is 3.09. The number of nitriles is 1. The largest absolute Gasteiger partial charge is 0.450 e. The summed E-state index contributed by atoms with van der Waals surface area (Å²) in [5, 5.41) is 14.6. The Balaban J connectivity index is 2.48. The van der Waals surface area contributed by atoms with E-state index in [2.05, 4.69) is 30.6 Å². The van der Waals surface area contributed by atoms with Gasteiger partial charge in [0, 0.05) is 24.3 Å². The quantitative estimate of drug-likeness (QED) is 0.795. The van der Waals surface area contributed by atoms with Crippen molar-refractivity contribution in [1.82, 2.24) is 0 Å². The number of nitrogens with zero attached hydrogens (tertiary/aromatic N) is 1. The molecule has 5 heteroatoms. The van der Waals surface area contributed by atoms with Crippen LogP contribution in [0, 0.1) is 16.7 Å². The van der Waals surface area contributed by atoms with Gasteiger partial charge in [-0.3, -0.25) is 5.32 Å². The van der Waals surface area contributed by atoms with E-state index in [4.69, 9.17) is 10.00 Å². The minimum atomic E-state index is -0.448. The molecule has 0 saturated carbocycles. The summed E-state index contributed by atoms with van der Waals surface area (Å²) in [5.74, 6) is 0. The predicted octanol–water partition coefficient (Wildman–Crippen LogP) is 4.00. The van der Waals surface area contributed by atoms with Crippen LogP contribution in [-0.2, 0) is 4.74 Å². The lowest BCUT2D eigenvalue weighted by molar-refractivity contribution is 0.168. The smallest absolute Gasteiger partial charge is 0.411 e. The fourth-order valence-corrected chi connectivity index (χ4v) is 1.78. The van der Waals surface area contributed by atoms with Gasteiger partial charge in [-0.15, -0.1) is 0 Å². The van der Waals surface area contributed by atoms with Gasteiger partial charge in [0.05, 0.1) is 12.7 Å². The molecule has 0 heterocycles. The van der Waals surface area contributed by atoms with Crippen molar-refractivity contribution in [2.24, 2.45) is 5.41 Å². The topological polar surface area (TPSA) is 74.2 Å². The van der Waals surface area contributed by atoms with Crippen molar-refractivity contribution in [1.29, 1.82) is 5.26 Å². The molecule has 2 N–H and O–H groups in total. The maximum Gasteiger partial charge on any atom is 0.411 e. The van der Waals surface area contributed by atoms with Crippen LogP contribution in [0.4, 0.5) is 16.2 Å². The monoisotopic (exact) mass is 289 g/mol. The lowest BCUT2D eigenvalue weighted by Gasteiger charge is -2.24. The molecule has 1 aromatic rings. The number of amides is 1. The number of anilines is 2. The second-order valence-corrected chi connectivity index (χ2v) is 5.60. The second kappa shape index (κ2) is 8.15. The molecule has 0 fully saturated rings. The summed E-state index contributed by atoms with van der Waals surface area (Å²) >= 11 is 0. The molecule has 0 spiro atoms. The number of hydrogen-bond donors (Lipinski definition) is 2. The van der Waals surface area contributed by atoms with E-state index in [0.29, 0.717) is 18.7 Å². The highest BCUT2D eigenvalue weighted by atomic mass is 16.5. The van der Waals surface area contributed by atoms with Gasteiger partial charge in [0.1, 0.15) is 0 Å². The lowest BCUT2D eigenvalue weighted by atomic mass is 9.88. The normalized spacial score (nSPS) is 10.6. The second-order valence-electron chi connectivity index (χ2n) is 5.60. The van der Waals surface area contributed by atoms with Gasteiger partial charge in [-0.2, -0.15) is 5.26 Å². The Morgan fingerprint density at radius 1 is 1.29 bits per heavy atom. The summed E-state index contributed by atoms with van der Waals surface area (Å²) in [6, 6.07) is 9.63. The number of carbonyl (C=O) groups is 1. The molecule has 5 nitrogen and oxygen atoms in total. The van der Waals surface area contributed by atoms with Crippen molar-refractivity contribution in [3.05, 3.63) is 24.3 Å². The highest BCUT2D eigenvalue weighted by Crippen LogP contribution is 2.23. The molecule has 21 heavy (non-hydrogen) atoms. The molecule has 1 rings (SSSR count). The molecule has 0 atom stereocenters. The molecule has 0 unspecified atom stereocenters. The van der Waals surface area contributed by atoms with Crippen LogP contribution < -0.4 is 10.6 Å². The van der Waals surface area contributed by atoms with Crippen molar-refractivity contribution < 1.29 is 9.53 Å². The fraction of sp³-hybridized carbons (Fsp3) is 0.500. The summed E-state index contributed by atoms with van der Waals surface area (Å²) in [6.45, 7) is 7.17. The van der Waals surface area contributed by atoms with E-state index in [0.717, 1.165) is 18.7 Å². The average Bonchev–Trinajstić information content (AvgIpc) is 2.45. The summed E-state index contributed by atoms with van der Waals surface area (Å²) in [7, 11) is 0. The first-order valence-corrected chi connectivity index (χ1v) is 7.11. The minimum Gasteiger partial charge on any atom is -0.450 e. The zero-order valence-electron chi connectivity index (χ0n) is 12.9. The molecule has 0 aliphatic heterocycles. The Hall–Kier alpha value is -2.22. The molecule has 0 aromatic heterocycles. The first-order chi connectivity index (χ1) is 9.96. The highest BCUT2D eigenvalue weighted by molar-refractivity contribution is 5.84. The van der Waals surface area contributed by atoms with Crippen LogP contribution in [0.2, 0.25) is 0 Å². The van der Waals surface area contributed by atoms with Gasteiger partial charge in [0.15, 0.2) is 0 Å². The molecule has 0 saturated heterocycles. The molecule has 0 aliphatic carbocycles. The molecular weight excluding hydrogens is 266 g/mol. The number of nitrogens with one attached hydrogen (secondary N) is 2. The van der Waals surface area contributed by atoms with Crippen LogP contribution in [0.25, 0.3) is 0 Å². The average molecular weight is 289 g/mol. The van der Waals surface area contributed by atoms with E-state index < -0.39 is 6.09 Å². The molecule has 0 aliphatic rings. The van der Waals surface area contributed by atoms with Crippen LogP contribution in [0.1, 0.15) is 33.6 Å². The van der Waals surface area contributed by atoms with Crippen LogP contribution in [0.5, 0.6) is 0 Å². The van der Waals surface area contributed by atoms with Crippen LogP contribution in [-0.4, -0.2) is 19.2 Å². The maximum absolute atomic E-state index is 11.3. The molecule has 1 aromatic carbocycles. The number of benzene rings is 1. The number of hydrogen-bond acceptors (Lipinski definition) is 4. The first-order valence-electron chi connectivity index (χ1n) is 7.11. The number of rotatable bonds is 7. The van der Waals surface area contributed by atoms with E-state index in [1.807, 2.05) is 24.3 Å². The van der Waals surface area contributed by atoms with E-state index in [1.165, 1.54) is 0 Å². The van der Waals surface area contributed by atoms with Crippen molar-refractivity contribution in [3.8, 4) is 6.07 Å². The zero-order valence-corrected chi connectivity index (χ0v) is 12.9. The minimum absolute atomic E-state index is 0.0670.